The summed E-state index contributed by atoms with van der Waals surface area (Å²) in [6.45, 7) is 3.85. The molecule has 27 heavy (non-hydrogen) atoms. The molecule has 0 aliphatic carbocycles. The van der Waals surface area contributed by atoms with Crippen LogP contribution in [0.3, 0.4) is 0 Å². The first kappa shape index (κ1) is 18.4. The number of hydrogen-bond acceptors (Lipinski definition) is 6. The Morgan fingerprint density at radius 2 is 2.07 bits per heavy atom. The highest BCUT2D eigenvalue weighted by Crippen LogP contribution is 2.33. The van der Waals surface area contributed by atoms with E-state index in [2.05, 4.69) is 14.8 Å². The van der Waals surface area contributed by atoms with Crippen LogP contribution >= 0.6 is 23.8 Å². The van der Waals surface area contributed by atoms with Crippen LogP contribution in [0.5, 0.6) is 0 Å². The summed E-state index contributed by atoms with van der Waals surface area (Å²) in [4.78, 5) is 21.9. The Bertz CT molecular complexity index is 940. The minimum Gasteiger partial charge on any atom is -0.378 e. The molecule has 0 spiro atoms. The summed E-state index contributed by atoms with van der Waals surface area (Å²) in [7, 11) is 1.79. The lowest BCUT2D eigenvalue weighted by molar-refractivity contribution is 0.0985. The molecule has 1 saturated heterocycles. The van der Waals surface area contributed by atoms with E-state index in [1.54, 1.807) is 11.6 Å². The Balaban J connectivity index is 1.60. The van der Waals surface area contributed by atoms with Gasteiger partial charge in [0, 0.05) is 43.5 Å². The number of morpholine rings is 1. The minimum absolute atomic E-state index is 0.0495. The number of rotatable bonds is 4. The molecule has 1 fully saturated rings. The highest BCUT2D eigenvalue weighted by molar-refractivity contribution is 7.71. The zero-order valence-corrected chi connectivity index (χ0v) is 16.7. The Morgan fingerprint density at radius 3 is 2.85 bits per heavy atom. The van der Waals surface area contributed by atoms with E-state index in [0.29, 0.717) is 23.7 Å². The van der Waals surface area contributed by atoms with E-state index in [1.165, 1.54) is 0 Å². The molecule has 142 valence electrons. The highest BCUT2D eigenvalue weighted by atomic mass is 35.5. The number of hydrogen-bond donors (Lipinski definition) is 0. The Kier molecular flexibility index (Phi) is 5.16. The predicted molar refractivity (Wildman–Crippen MR) is 109 cm³/mol. The molecule has 6 nitrogen and oxygen atoms in total. The third-order valence-electron chi connectivity index (χ3n) is 5.11. The summed E-state index contributed by atoms with van der Waals surface area (Å²) in [5, 5.41) is 0.758. The second-order valence-electron chi connectivity index (χ2n) is 6.77. The van der Waals surface area contributed by atoms with Crippen LogP contribution in [0.2, 0.25) is 5.02 Å². The number of benzene rings is 1. The molecule has 2 aromatic rings. The average molecular weight is 405 g/mol. The fraction of sp³-hybridized carbons (Fsp3) is 0.421. The fourth-order valence-corrected chi connectivity index (χ4v) is 4.05. The van der Waals surface area contributed by atoms with Crippen molar-refractivity contribution in [2.45, 2.75) is 6.42 Å². The second-order valence-corrected chi connectivity index (χ2v) is 7.59. The number of carbonyl (C=O) groups is 1. The van der Waals surface area contributed by atoms with Gasteiger partial charge in [0.15, 0.2) is 5.82 Å². The van der Waals surface area contributed by atoms with Gasteiger partial charge in [-0.2, -0.15) is 0 Å². The number of ketones is 1. The molecule has 8 heteroatoms. The van der Waals surface area contributed by atoms with E-state index in [-0.39, 0.29) is 12.3 Å². The van der Waals surface area contributed by atoms with Crippen molar-refractivity contribution >= 4 is 41.1 Å². The van der Waals surface area contributed by atoms with Gasteiger partial charge in [-0.15, -0.1) is 0 Å². The lowest BCUT2D eigenvalue weighted by Crippen LogP contribution is -2.37. The van der Waals surface area contributed by atoms with Crippen molar-refractivity contribution in [1.29, 1.82) is 0 Å². The van der Waals surface area contributed by atoms with Crippen LogP contribution in [0.15, 0.2) is 24.3 Å². The smallest absolute Gasteiger partial charge is 0.217 e. The third kappa shape index (κ3) is 3.59. The lowest BCUT2D eigenvalue weighted by Gasteiger charge is -2.28. The number of Topliss-reactive ketones (excluding diaryl/α,β-unsaturated/α-hetero) is 1. The largest absolute Gasteiger partial charge is 0.378 e. The molecule has 0 saturated carbocycles. The highest BCUT2D eigenvalue weighted by Gasteiger charge is 2.25. The predicted octanol–water partition coefficient (Wildman–Crippen LogP) is 2.88. The molecule has 1 aromatic heterocycles. The molecule has 0 bridgehead atoms. The van der Waals surface area contributed by atoms with E-state index in [9.17, 15) is 4.79 Å². The molecule has 2 aliphatic rings. The lowest BCUT2D eigenvalue weighted by atomic mass is 10.2. The topological polar surface area (TPSA) is 50.6 Å². The van der Waals surface area contributed by atoms with Crippen molar-refractivity contribution in [3.63, 3.8) is 0 Å². The quantitative estimate of drug-likeness (QED) is 0.577. The molecule has 0 atom stereocenters. The first-order chi connectivity index (χ1) is 13.0. The number of anilines is 2. The van der Waals surface area contributed by atoms with Gasteiger partial charge < -0.3 is 19.1 Å². The molecule has 0 unspecified atom stereocenters. The summed E-state index contributed by atoms with van der Waals surface area (Å²) in [5.41, 5.74) is 2.14. The fourth-order valence-electron chi connectivity index (χ4n) is 3.60. The second kappa shape index (κ2) is 7.58. The van der Waals surface area contributed by atoms with Crippen molar-refractivity contribution < 1.29 is 9.53 Å². The van der Waals surface area contributed by atoms with Crippen LogP contribution in [-0.2, 0) is 18.2 Å². The zero-order valence-electron chi connectivity index (χ0n) is 15.2. The van der Waals surface area contributed by atoms with Gasteiger partial charge in [-0.3, -0.25) is 4.79 Å². The Morgan fingerprint density at radius 1 is 1.30 bits per heavy atom. The number of fused-ring (bicyclic) bond motifs is 1. The van der Waals surface area contributed by atoms with Crippen molar-refractivity contribution in [3.05, 3.63) is 45.3 Å². The zero-order chi connectivity index (χ0) is 19.0. The molecule has 1 aromatic carbocycles. The standard InChI is InChI=1S/C19H21ClN4O2S/c1-22-18(27)11-17(23-7-9-26-10-8-23)21-19(22)16(25)12-24-6-5-13-14(20)3-2-4-15(13)24/h2-4,11H,5-10,12H2,1H3. The monoisotopic (exact) mass is 404 g/mol. The van der Waals surface area contributed by atoms with Gasteiger partial charge in [-0.05, 0) is 24.1 Å². The van der Waals surface area contributed by atoms with Gasteiger partial charge in [0.05, 0.1) is 19.8 Å². The number of carbonyl (C=O) groups excluding carboxylic acids is 1. The third-order valence-corrected chi connectivity index (χ3v) is 5.85. The van der Waals surface area contributed by atoms with E-state index in [0.717, 1.165) is 48.1 Å². The van der Waals surface area contributed by atoms with E-state index in [4.69, 9.17) is 28.6 Å². The molecular formula is C19H21ClN4O2S. The summed E-state index contributed by atoms with van der Waals surface area (Å²) in [6, 6.07) is 7.67. The van der Waals surface area contributed by atoms with Crippen molar-refractivity contribution in [1.82, 2.24) is 9.55 Å². The van der Waals surface area contributed by atoms with Gasteiger partial charge in [0.25, 0.3) is 0 Å². The first-order valence-electron chi connectivity index (χ1n) is 9.01. The molecule has 0 amide bonds. The average Bonchev–Trinajstić information content (AvgIpc) is 3.08. The number of aromatic nitrogens is 2. The normalized spacial score (nSPS) is 16.5. The van der Waals surface area contributed by atoms with Gasteiger partial charge in [0.1, 0.15) is 10.5 Å². The van der Waals surface area contributed by atoms with Crippen molar-refractivity contribution in [2.75, 3.05) is 49.2 Å². The van der Waals surface area contributed by atoms with E-state index < -0.39 is 0 Å². The first-order valence-corrected chi connectivity index (χ1v) is 9.79. The van der Waals surface area contributed by atoms with Gasteiger partial charge in [-0.1, -0.05) is 29.9 Å². The van der Waals surface area contributed by atoms with Crippen LogP contribution in [0.1, 0.15) is 16.2 Å². The number of halogens is 1. The maximum atomic E-state index is 13.1. The molecule has 3 heterocycles. The van der Waals surface area contributed by atoms with Crippen molar-refractivity contribution in [2.24, 2.45) is 7.05 Å². The summed E-state index contributed by atoms with van der Waals surface area (Å²) in [6.07, 6.45) is 0.849. The number of ether oxygens (including phenoxy) is 1. The van der Waals surface area contributed by atoms with Gasteiger partial charge >= 0.3 is 0 Å². The molecule has 0 N–H and O–H groups in total. The van der Waals surface area contributed by atoms with E-state index >= 15 is 0 Å². The van der Waals surface area contributed by atoms with E-state index in [1.807, 2.05) is 24.3 Å². The Labute approximate surface area is 168 Å². The molecular weight excluding hydrogens is 384 g/mol. The van der Waals surface area contributed by atoms with Crippen molar-refractivity contribution in [3.8, 4) is 0 Å². The summed E-state index contributed by atoms with van der Waals surface area (Å²) < 4.78 is 7.69. The number of nitrogens with zero attached hydrogens (tertiary/aromatic N) is 4. The van der Waals surface area contributed by atoms with Crippen LogP contribution < -0.4 is 9.80 Å². The van der Waals surface area contributed by atoms with Crippen LogP contribution in [-0.4, -0.2) is 54.7 Å². The molecule has 2 aliphatic heterocycles. The molecule has 4 rings (SSSR count). The SMILES string of the molecule is Cn1c(C(=O)CN2CCc3c(Cl)cccc32)nc(N2CCOCC2)cc1=S. The van der Waals surface area contributed by atoms with Crippen LogP contribution in [0, 0.1) is 4.64 Å². The van der Waals surface area contributed by atoms with Crippen LogP contribution in [0.25, 0.3) is 0 Å². The summed E-state index contributed by atoms with van der Waals surface area (Å²) >= 11 is 11.7. The summed E-state index contributed by atoms with van der Waals surface area (Å²) in [5.74, 6) is 1.08. The molecule has 0 radical (unpaired) electrons. The van der Waals surface area contributed by atoms with Crippen LogP contribution in [0.4, 0.5) is 11.5 Å². The maximum absolute atomic E-state index is 13.1. The minimum atomic E-state index is -0.0495. The van der Waals surface area contributed by atoms with Gasteiger partial charge in [0.2, 0.25) is 5.78 Å². The van der Waals surface area contributed by atoms with Gasteiger partial charge in [-0.25, -0.2) is 4.98 Å². The maximum Gasteiger partial charge on any atom is 0.217 e. The Hall–Kier alpha value is -1.96.